The third-order valence-corrected chi connectivity index (χ3v) is 4.59. The van der Waals surface area contributed by atoms with Crippen LogP contribution in [0.5, 0.6) is 5.75 Å². The summed E-state index contributed by atoms with van der Waals surface area (Å²) in [5.41, 5.74) is -0.670. The lowest BCUT2D eigenvalue weighted by Crippen LogP contribution is -2.25. The van der Waals surface area contributed by atoms with Gasteiger partial charge in [0.25, 0.3) is 0 Å². The Morgan fingerprint density at radius 3 is 2.65 bits per heavy atom. The molecule has 1 saturated heterocycles. The van der Waals surface area contributed by atoms with Crippen molar-refractivity contribution in [2.24, 2.45) is 0 Å². The van der Waals surface area contributed by atoms with Crippen molar-refractivity contribution in [2.45, 2.75) is 39.0 Å². The number of halogens is 3. The van der Waals surface area contributed by atoms with Crippen LogP contribution in [0.1, 0.15) is 32.3 Å². The zero-order valence-electron chi connectivity index (χ0n) is 17.4. The Bertz CT molecular complexity index is 919. The van der Waals surface area contributed by atoms with Gasteiger partial charge in [-0.15, -0.1) is 5.10 Å². The monoisotopic (exact) mass is 438 g/mol. The number of aromatic nitrogens is 3. The third-order valence-electron chi connectivity index (χ3n) is 4.59. The van der Waals surface area contributed by atoms with Crippen LogP contribution in [0.3, 0.4) is 0 Å². The molecule has 0 aliphatic carbocycles. The van der Waals surface area contributed by atoms with Gasteiger partial charge in [-0.25, -0.2) is 14.5 Å². The lowest BCUT2D eigenvalue weighted by Gasteiger charge is -2.16. The molecule has 1 aliphatic rings. The molecule has 1 aromatic heterocycles. The first-order valence-electron chi connectivity index (χ1n) is 10.1. The number of esters is 1. The van der Waals surface area contributed by atoms with Crippen molar-refractivity contribution in [3.05, 3.63) is 36.2 Å². The third kappa shape index (κ3) is 6.81. The normalized spacial score (nSPS) is 15.2. The number of rotatable bonds is 8. The molecule has 0 unspecified atom stereocenters. The first-order valence-corrected chi connectivity index (χ1v) is 10.1. The van der Waals surface area contributed by atoms with E-state index in [0.29, 0.717) is 13.2 Å². The lowest BCUT2D eigenvalue weighted by atomic mass is 10.1. The summed E-state index contributed by atoms with van der Waals surface area (Å²) in [6.45, 7) is 6.36. The fraction of sp³-hybridized carbons (Fsp3) is 0.476. The van der Waals surface area contributed by atoms with Crippen molar-refractivity contribution in [3.63, 3.8) is 0 Å². The highest BCUT2D eigenvalue weighted by atomic mass is 19.4. The van der Waals surface area contributed by atoms with Gasteiger partial charge in [-0.1, -0.05) is 0 Å². The van der Waals surface area contributed by atoms with Crippen molar-refractivity contribution in [1.82, 2.24) is 19.7 Å². The van der Waals surface area contributed by atoms with Crippen LogP contribution in [0.4, 0.5) is 13.2 Å². The van der Waals surface area contributed by atoms with Gasteiger partial charge < -0.3 is 9.47 Å². The Balaban J connectivity index is 1.75. The quantitative estimate of drug-likeness (QED) is 0.461. The molecule has 2 heterocycles. The molecule has 0 N–H and O–H groups in total. The van der Waals surface area contributed by atoms with E-state index in [4.69, 9.17) is 9.47 Å². The number of hydrogen-bond acceptors (Lipinski definition) is 6. The molecule has 0 bridgehead atoms. The van der Waals surface area contributed by atoms with E-state index in [2.05, 4.69) is 15.0 Å². The minimum atomic E-state index is -4.54. The molecule has 3 rings (SSSR count). The standard InChI is InChI=1S/C21H25F3N4O3/c1-15(2)31-19(29)5-8-28-14-25-20(26-28)16-11-17(21(22,23)24)13-18(12-16)30-10-9-27-6-3-4-7-27/h5,8,11-15H,3-4,6-7,9-10H2,1-2H3/b8-5-. The van der Waals surface area contributed by atoms with Gasteiger partial charge in [-0.05, 0) is 58.0 Å². The maximum Gasteiger partial charge on any atom is 0.416 e. The molecule has 1 aromatic carbocycles. The zero-order valence-corrected chi connectivity index (χ0v) is 17.4. The first kappa shape index (κ1) is 22.8. The van der Waals surface area contributed by atoms with Crippen LogP contribution < -0.4 is 4.74 Å². The van der Waals surface area contributed by atoms with E-state index in [1.807, 2.05) is 0 Å². The Morgan fingerprint density at radius 1 is 1.23 bits per heavy atom. The smallest absolute Gasteiger partial charge is 0.416 e. The molecule has 1 fully saturated rings. The van der Waals surface area contributed by atoms with Crippen LogP contribution in [0.2, 0.25) is 0 Å². The Labute approximate surface area is 178 Å². The lowest BCUT2D eigenvalue weighted by molar-refractivity contribution is -0.141. The molecule has 2 aromatic rings. The predicted molar refractivity (Wildman–Crippen MR) is 108 cm³/mol. The number of nitrogens with zero attached hydrogens (tertiary/aromatic N) is 4. The molecule has 0 amide bonds. The van der Waals surface area contributed by atoms with Crippen molar-refractivity contribution in [2.75, 3.05) is 26.2 Å². The van der Waals surface area contributed by atoms with E-state index in [9.17, 15) is 18.0 Å². The molecule has 0 atom stereocenters. The van der Waals surface area contributed by atoms with Crippen molar-refractivity contribution in [3.8, 4) is 17.1 Å². The van der Waals surface area contributed by atoms with Gasteiger partial charge >= 0.3 is 12.1 Å². The molecule has 0 radical (unpaired) electrons. The summed E-state index contributed by atoms with van der Waals surface area (Å²) < 4.78 is 51.9. The molecule has 168 valence electrons. The molecule has 10 heteroatoms. The minimum absolute atomic E-state index is 0.0809. The van der Waals surface area contributed by atoms with Crippen molar-refractivity contribution in [1.29, 1.82) is 0 Å². The van der Waals surface area contributed by atoms with Crippen LogP contribution in [0.15, 0.2) is 30.6 Å². The highest BCUT2D eigenvalue weighted by molar-refractivity contribution is 5.85. The molecule has 7 nitrogen and oxygen atoms in total. The Hall–Kier alpha value is -2.88. The molecule has 31 heavy (non-hydrogen) atoms. The average molecular weight is 438 g/mol. The Kier molecular flexibility index (Phi) is 7.32. The number of carbonyl (C=O) groups excluding carboxylic acids is 1. The van der Waals surface area contributed by atoms with E-state index in [1.54, 1.807) is 13.8 Å². The summed E-state index contributed by atoms with van der Waals surface area (Å²) in [5, 5.41) is 4.12. The molecule has 1 aliphatic heterocycles. The SMILES string of the molecule is CC(C)OC(=O)/C=C\n1cnc(-c2cc(OCCN3CCCC3)cc(C(F)(F)F)c2)n1. The summed E-state index contributed by atoms with van der Waals surface area (Å²) >= 11 is 0. The fourth-order valence-corrected chi connectivity index (χ4v) is 3.16. The number of alkyl halides is 3. The number of benzene rings is 1. The van der Waals surface area contributed by atoms with E-state index < -0.39 is 17.7 Å². The van der Waals surface area contributed by atoms with Crippen LogP contribution in [0, 0.1) is 0 Å². The topological polar surface area (TPSA) is 69.5 Å². The van der Waals surface area contributed by atoms with E-state index >= 15 is 0 Å². The van der Waals surface area contributed by atoms with Gasteiger partial charge in [0.2, 0.25) is 0 Å². The zero-order chi connectivity index (χ0) is 22.4. The number of ether oxygens (including phenoxy) is 2. The average Bonchev–Trinajstić information content (AvgIpc) is 3.37. The van der Waals surface area contributed by atoms with E-state index in [1.165, 1.54) is 23.3 Å². The summed E-state index contributed by atoms with van der Waals surface area (Å²) in [6.07, 6.45) is 1.24. The minimum Gasteiger partial charge on any atom is -0.492 e. The van der Waals surface area contributed by atoms with Gasteiger partial charge in [-0.3, -0.25) is 4.90 Å². The van der Waals surface area contributed by atoms with E-state index in [0.717, 1.165) is 44.1 Å². The van der Waals surface area contributed by atoms with Crippen LogP contribution in [-0.4, -0.2) is 58.0 Å². The number of carbonyl (C=O) groups is 1. The Morgan fingerprint density at radius 2 is 1.97 bits per heavy atom. The first-order chi connectivity index (χ1) is 14.7. The number of hydrogen-bond donors (Lipinski definition) is 0. The van der Waals surface area contributed by atoms with Gasteiger partial charge in [-0.2, -0.15) is 13.2 Å². The van der Waals surface area contributed by atoms with Gasteiger partial charge in [0.1, 0.15) is 18.7 Å². The van der Waals surface area contributed by atoms with Gasteiger partial charge in [0.05, 0.1) is 11.7 Å². The molecular weight excluding hydrogens is 413 g/mol. The molecule has 0 saturated carbocycles. The van der Waals surface area contributed by atoms with Crippen LogP contribution in [0.25, 0.3) is 17.6 Å². The highest BCUT2D eigenvalue weighted by Crippen LogP contribution is 2.35. The van der Waals surface area contributed by atoms with Crippen molar-refractivity contribution < 1.29 is 27.4 Å². The summed E-state index contributed by atoms with van der Waals surface area (Å²) in [4.78, 5) is 17.9. The second-order valence-corrected chi connectivity index (χ2v) is 7.49. The van der Waals surface area contributed by atoms with Gasteiger partial charge in [0.15, 0.2) is 5.82 Å². The maximum atomic E-state index is 13.4. The summed E-state index contributed by atoms with van der Waals surface area (Å²) in [6, 6.07) is 3.44. The second kappa shape index (κ2) is 9.95. The van der Waals surface area contributed by atoms with Crippen LogP contribution in [-0.2, 0) is 15.7 Å². The summed E-state index contributed by atoms with van der Waals surface area (Å²) in [7, 11) is 0. The maximum absolute atomic E-state index is 13.4. The fourth-order valence-electron chi connectivity index (χ4n) is 3.16. The highest BCUT2D eigenvalue weighted by Gasteiger charge is 2.32. The molecule has 0 spiro atoms. The van der Waals surface area contributed by atoms with Crippen molar-refractivity contribution >= 4 is 12.2 Å². The summed E-state index contributed by atoms with van der Waals surface area (Å²) in [5.74, 6) is -0.367. The molecular formula is C21H25F3N4O3. The largest absolute Gasteiger partial charge is 0.492 e. The second-order valence-electron chi connectivity index (χ2n) is 7.49. The van der Waals surface area contributed by atoms with Gasteiger partial charge in [0, 0.05) is 24.4 Å². The van der Waals surface area contributed by atoms with Crippen LogP contribution >= 0.6 is 0 Å². The number of likely N-dealkylation sites (tertiary alicyclic amines) is 1. The van der Waals surface area contributed by atoms with E-state index in [-0.39, 0.29) is 23.2 Å². The predicted octanol–water partition coefficient (Wildman–Crippen LogP) is 3.86.